The lowest BCUT2D eigenvalue weighted by molar-refractivity contribution is -0.123. The van der Waals surface area contributed by atoms with E-state index in [-0.39, 0.29) is 42.6 Å². The molecule has 5 nitrogen and oxygen atoms in total. The zero-order valence-corrected chi connectivity index (χ0v) is 15.8. The van der Waals surface area contributed by atoms with E-state index in [0.29, 0.717) is 25.0 Å². The zero-order chi connectivity index (χ0) is 19.5. The van der Waals surface area contributed by atoms with Crippen molar-refractivity contribution in [2.24, 2.45) is 5.92 Å². The zero-order valence-electron chi connectivity index (χ0n) is 15.8. The fourth-order valence-electron chi connectivity index (χ4n) is 4.02. The van der Waals surface area contributed by atoms with Gasteiger partial charge in [-0.05, 0) is 42.0 Å². The van der Waals surface area contributed by atoms with Gasteiger partial charge in [0.25, 0.3) is 0 Å². The molecule has 0 unspecified atom stereocenters. The quantitative estimate of drug-likeness (QED) is 0.725. The molecule has 0 aromatic heterocycles. The van der Waals surface area contributed by atoms with Crippen LogP contribution in [0.4, 0.5) is 0 Å². The molecule has 0 saturated heterocycles. The molecule has 1 amide bonds. The predicted molar refractivity (Wildman–Crippen MR) is 105 cm³/mol. The minimum Gasteiger partial charge on any atom is -0.493 e. The molecule has 4 rings (SSSR count). The van der Waals surface area contributed by atoms with Gasteiger partial charge in [-0.15, -0.1) is 0 Å². The minimum absolute atomic E-state index is 0.0268. The first kappa shape index (κ1) is 18.7. The van der Waals surface area contributed by atoms with E-state index in [0.717, 1.165) is 23.3 Å². The van der Waals surface area contributed by atoms with E-state index in [1.807, 2.05) is 30.3 Å². The van der Waals surface area contributed by atoms with Crippen molar-refractivity contribution >= 4 is 11.7 Å². The van der Waals surface area contributed by atoms with Crippen LogP contribution in [0.1, 0.15) is 53.2 Å². The van der Waals surface area contributed by atoms with Gasteiger partial charge in [0.05, 0.1) is 18.8 Å². The van der Waals surface area contributed by atoms with Crippen LogP contribution in [-0.2, 0) is 11.2 Å². The number of benzene rings is 2. The van der Waals surface area contributed by atoms with Crippen molar-refractivity contribution in [3.63, 3.8) is 0 Å². The van der Waals surface area contributed by atoms with E-state index in [9.17, 15) is 14.7 Å². The van der Waals surface area contributed by atoms with Gasteiger partial charge in [-0.25, -0.2) is 0 Å². The molecule has 1 fully saturated rings. The normalized spacial score (nSPS) is 21.2. The number of aliphatic hydroxyl groups is 1. The molecule has 0 bridgehead atoms. The average molecular weight is 379 g/mol. The van der Waals surface area contributed by atoms with Gasteiger partial charge < -0.3 is 15.2 Å². The molecule has 146 valence electrons. The van der Waals surface area contributed by atoms with Crippen molar-refractivity contribution in [3.05, 3.63) is 65.2 Å². The van der Waals surface area contributed by atoms with Gasteiger partial charge in [0.1, 0.15) is 5.75 Å². The first-order chi connectivity index (χ1) is 13.6. The summed E-state index contributed by atoms with van der Waals surface area (Å²) < 4.78 is 5.57. The van der Waals surface area contributed by atoms with Gasteiger partial charge in [-0.1, -0.05) is 36.4 Å². The molecule has 1 saturated carbocycles. The highest BCUT2D eigenvalue weighted by atomic mass is 16.5. The number of carbonyl (C=O) groups is 2. The van der Waals surface area contributed by atoms with Gasteiger partial charge in [0.2, 0.25) is 5.91 Å². The van der Waals surface area contributed by atoms with Crippen LogP contribution >= 0.6 is 0 Å². The predicted octanol–water partition coefficient (Wildman–Crippen LogP) is 3.21. The Morgan fingerprint density at radius 3 is 2.64 bits per heavy atom. The van der Waals surface area contributed by atoms with Gasteiger partial charge in [-0.3, -0.25) is 9.59 Å². The Bertz CT molecular complexity index is 858. The Balaban J connectivity index is 1.41. The molecule has 2 aliphatic rings. The number of amides is 1. The number of hydrogen-bond acceptors (Lipinski definition) is 4. The lowest BCUT2D eigenvalue weighted by Crippen LogP contribution is -2.41. The Morgan fingerprint density at radius 2 is 1.89 bits per heavy atom. The first-order valence-electron chi connectivity index (χ1n) is 9.91. The number of rotatable bonds is 7. The monoisotopic (exact) mass is 379 g/mol. The van der Waals surface area contributed by atoms with E-state index in [4.69, 9.17) is 4.74 Å². The summed E-state index contributed by atoms with van der Waals surface area (Å²) in [6.07, 6.45) is 2.30. The third-order valence-electron chi connectivity index (χ3n) is 5.69. The fraction of sp³-hybridized carbons (Fsp3) is 0.391. The maximum Gasteiger partial charge on any atom is 0.220 e. The SMILES string of the molecule is O=C(CCC(=O)c1ccccc1)N[C@H](c1ccc2c(c1)CCO2)C1CC(O)C1. The van der Waals surface area contributed by atoms with Crippen molar-refractivity contribution < 1.29 is 19.4 Å². The molecule has 0 radical (unpaired) electrons. The highest BCUT2D eigenvalue weighted by molar-refractivity contribution is 5.97. The molecule has 28 heavy (non-hydrogen) atoms. The number of nitrogens with one attached hydrogen (secondary N) is 1. The summed E-state index contributed by atoms with van der Waals surface area (Å²) in [7, 11) is 0. The molecule has 1 heterocycles. The molecular weight excluding hydrogens is 354 g/mol. The Labute approximate surface area is 164 Å². The third kappa shape index (κ3) is 4.09. The smallest absolute Gasteiger partial charge is 0.220 e. The molecule has 0 spiro atoms. The lowest BCUT2D eigenvalue weighted by atomic mass is 9.74. The van der Waals surface area contributed by atoms with Crippen molar-refractivity contribution in [2.75, 3.05) is 6.61 Å². The number of ether oxygens (including phenoxy) is 1. The summed E-state index contributed by atoms with van der Waals surface area (Å²) >= 11 is 0. The number of carbonyl (C=O) groups excluding carboxylic acids is 2. The maximum absolute atomic E-state index is 12.6. The topological polar surface area (TPSA) is 75.6 Å². The molecular formula is C23H25NO4. The summed E-state index contributed by atoms with van der Waals surface area (Å²) in [5.74, 6) is 0.966. The molecule has 1 aliphatic heterocycles. The maximum atomic E-state index is 12.6. The number of hydrogen-bond donors (Lipinski definition) is 2. The average Bonchev–Trinajstić information content (AvgIpc) is 3.16. The Hall–Kier alpha value is -2.66. The van der Waals surface area contributed by atoms with Crippen LogP contribution in [0.15, 0.2) is 48.5 Å². The van der Waals surface area contributed by atoms with Crippen molar-refractivity contribution in [1.82, 2.24) is 5.32 Å². The van der Waals surface area contributed by atoms with Crippen LogP contribution in [0, 0.1) is 5.92 Å². The first-order valence-corrected chi connectivity index (χ1v) is 9.91. The second-order valence-corrected chi connectivity index (χ2v) is 7.69. The lowest BCUT2D eigenvalue weighted by Gasteiger charge is -2.38. The van der Waals surface area contributed by atoms with Crippen LogP contribution in [0.3, 0.4) is 0 Å². The molecule has 2 aromatic rings. The standard InChI is InChI=1S/C23H25NO4/c25-19-13-18(14-19)23(17-6-8-21-16(12-17)10-11-28-21)24-22(27)9-7-20(26)15-4-2-1-3-5-15/h1-6,8,12,18-19,23,25H,7,9-11,13-14H2,(H,24,27)/t18?,19?,23-/m1/s1. The fourth-order valence-corrected chi connectivity index (χ4v) is 4.02. The molecule has 5 heteroatoms. The molecule has 2 N–H and O–H groups in total. The highest BCUT2D eigenvalue weighted by Crippen LogP contribution is 2.39. The van der Waals surface area contributed by atoms with Gasteiger partial charge >= 0.3 is 0 Å². The van der Waals surface area contributed by atoms with Gasteiger partial charge in [-0.2, -0.15) is 0 Å². The van der Waals surface area contributed by atoms with Crippen molar-refractivity contribution in [3.8, 4) is 5.75 Å². The van der Waals surface area contributed by atoms with Crippen LogP contribution in [-0.4, -0.2) is 29.5 Å². The van der Waals surface area contributed by atoms with E-state index in [1.54, 1.807) is 12.1 Å². The minimum atomic E-state index is -0.290. The van der Waals surface area contributed by atoms with Crippen molar-refractivity contribution in [2.45, 2.75) is 44.2 Å². The second kappa shape index (κ2) is 8.15. The molecule has 1 atom stereocenters. The van der Waals surface area contributed by atoms with Gasteiger partial charge in [0, 0.05) is 24.8 Å². The molecule has 2 aromatic carbocycles. The summed E-state index contributed by atoms with van der Waals surface area (Å²) in [4.78, 5) is 24.8. The van der Waals surface area contributed by atoms with Crippen LogP contribution in [0.2, 0.25) is 0 Å². The Kier molecular flexibility index (Phi) is 5.44. The van der Waals surface area contributed by atoms with E-state index in [2.05, 4.69) is 11.4 Å². The summed E-state index contributed by atoms with van der Waals surface area (Å²) in [6, 6.07) is 15.0. The highest BCUT2D eigenvalue weighted by Gasteiger charge is 2.36. The van der Waals surface area contributed by atoms with Crippen LogP contribution < -0.4 is 10.1 Å². The number of Topliss-reactive ketones (excluding diaryl/α,β-unsaturated/α-hetero) is 1. The van der Waals surface area contributed by atoms with Gasteiger partial charge in [0.15, 0.2) is 5.78 Å². The van der Waals surface area contributed by atoms with E-state index >= 15 is 0 Å². The van der Waals surface area contributed by atoms with Crippen molar-refractivity contribution in [1.29, 1.82) is 0 Å². The second-order valence-electron chi connectivity index (χ2n) is 7.69. The Morgan fingerprint density at radius 1 is 1.11 bits per heavy atom. The van der Waals surface area contributed by atoms with Crippen LogP contribution in [0.5, 0.6) is 5.75 Å². The summed E-state index contributed by atoms with van der Waals surface area (Å²) in [6.45, 7) is 0.694. The largest absolute Gasteiger partial charge is 0.493 e. The van der Waals surface area contributed by atoms with Crippen LogP contribution in [0.25, 0.3) is 0 Å². The van der Waals surface area contributed by atoms with E-state index in [1.165, 1.54) is 0 Å². The number of ketones is 1. The number of fused-ring (bicyclic) bond motifs is 1. The number of aliphatic hydroxyl groups excluding tert-OH is 1. The summed E-state index contributed by atoms with van der Waals surface area (Å²) in [5.41, 5.74) is 2.84. The molecule has 1 aliphatic carbocycles. The van der Waals surface area contributed by atoms with E-state index < -0.39 is 0 Å². The third-order valence-corrected chi connectivity index (χ3v) is 5.69. The summed E-state index contributed by atoms with van der Waals surface area (Å²) in [5, 5.41) is 12.8.